The van der Waals surface area contributed by atoms with Crippen molar-refractivity contribution in [2.45, 2.75) is 29.6 Å². The molecule has 0 bridgehead atoms. The lowest BCUT2D eigenvalue weighted by molar-refractivity contribution is -0.137. The molecule has 36 heavy (non-hydrogen) atoms. The van der Waals surface area contributed by atoms with E-state index in [0.29, 0.717) is 31.1 Å². The number of anilines is 2. The highest BCUT2D eigenvalue weighted by Crippen LogP contribution is 2.32. The predicted molar refractivity (Wildman–Crippen MR) is 135 cm³/mol. The Labute approximate surface area is 210 Å². The maximum atomic E-state index is 12.7. The van der Waals surface area contributed by atoms with Gasteiger partial charge >= 0.3 is 6.18 Å². The molecule has 1 fully saturated rings. The van der Waals surface area contributed by atoms with Crippen molar-refractivity contribution < 1.29 is 18.3 Å². The lowest BCUT2D eigenvalue weighted by Crippen LogP contribution is -2.47. The van der Waals surface area contributed by atoms with Gasteiger partial charge in [0.2, 0.25) is 0 Å². The number of alkyl halides is 3. The largest absolute Gasteiger partial charge is 0.417 e. The number of piperidine rings is 1. The summed E-state index contributed by atoms with van der Waals surface area (Å²) in [6.45, 7) is 1.13. The van der Waals surface area contributed by atoms with Crippen molar-refractivity contribution in [1.82, 2.24) is 19.1 Å². The van der Waals surface area contributed by atoms with Crippen LogP contribution < -0.4 is 11.1 Å². The second kappa shape index (κ2) is 9.64. The van der Waals surface area contributed by atoms with Gasteiger partial charge in [0.05, 0.1) is 23.2 Å². The van der Waals surface area contributed by atoms with Crippen LogP contribution in [0.15, 0.2) is 65.7 Å². The van der Waals surface area contributed by atoms with Crippen LogP contribution in [0.4, 0.5) is 24.8 Å². The van der Waals surface area contributed by atoms with Crippen LogP contribution >= 0.6 is 11.9 Å². The summed E-state index contributed by atoms with van der Waals surface area (Å²) < 4.78 is 42.0. The molecule has 3 heterocycles. The quantitative estimate of drug-likeness (QED) is 0.330. The van der Waals surface area contributed by atoms with E-state index in [1.807, 2.05) is 37.4 Å². The van der Waals surface area contributed by atoms with E-state index >= 15 is 0 Å². The number of fused-ring (bicyclic) bond motifs is 1. The Morgan fingerprint density at radius 3 is 2.50 bits per heavy atom. The van der Waals surface area contributed by atoms with Gasteiger partial charge in [0.1, 0.15) is 5.82 Å². The molecule has 2 unspecified atom stereocenters. The molecular formula is C25H25F3N6OS. The molecule has 2 aromatic heterocycles. The van der Waals surface area contributed by atoms with Gasteiger partial charge < -0.3 is 16.2 Å². The maximum Gasteiger partial charge on any atom is 0.417 e. The Morgan fingerprint density at radius 1 is 1.08 bits per heavy atom. The summed E-state index contributed by atoms with van der Waals surface area (Å²) in [6, 6.07) is 16.3. The van der Waals surface area contributed by atoms with E-state index in [1.54, 1.807) is 16.6 Å². The normalized spacial score (nSPS) is 19.0. The number of hydrogen-bond acceptors (Lipinski definition) is 7. The molecule has 0 radical (unpaired) electrons. The minimum atomic E-state index is -4.42. The standard InChI is InChI=1S/C25H25F3N6OS/c1-33-21-8-4-16(12-19(21)24(29)32-33)15-2-6-18(7-3-15)36-34-11-10-20(22(35)14-34)31-23-9-5-17(13-30-23)25(26,27)28/h2-9,12-13,20,22,35H,10-11,14H2,1H3,(H2,29,32)(H,30,31). The van der Waals surface area contributed by atoms with Crippen LogP contribution in [0.3, 0.4) is 0 Å². The van der Waals surface area contributed by atoms with Crippen molar-refractivity contribution in [3.05, 3.63) is 66.4 Å². The number of rotatable bonds is 5. The fraction of sp³-hybridized carbons (Fsp3) is 0.280. The number of β-amino-alcohol motifs (C(OH)–C–C–N with tert-alkyl or cyclic N) is 1. The smallest absolute Gasteiger partial charge is 0.390 e. The number of nitrogens with two attached hydrogens (primary N) is 1. The van der Waals surface area contributed by atoms with Crippen molar-refractivity contribution in [2.75, 3.05) is 24.1 Å². The van der Waals surface area contributed by atoms with Gasteiger partial charge in [-0.15, -0.1) is 0 Å². The highest BCUT2D eigenvalue weighted by atomic mass is 32.2. The van der Waals surface area contributed by atoms with Gasteiger partial charge in [0.15, 0.2) is 5.82 Å². The fourth-order valence-electron chi connectivity index (χ4n) is 4.32. The molecule has 0 amide bonds. The topological polar surface area (TPSA) is 92.2 Å². The zero-order chi connectivity index (χ0) is 25.4. The number of pyridine rings is 1. The molecule has 2 aromatic carbocycles. The first-order valence-electron chi connectivity index (χ1n) is 11.4. The minimum Gasteiger partial charge on any atom is -0.390 e. The zero-order valence-corrected chi connectivity index (χ0v) is 20.2. The Hall–Kier alpha value is -3.28. The van der Waals surface area contributed by atoms with Crippen molar-refractivity contribution in [3.8, 4) is 11.1 Å². The molecule has 11 heteroatoms. The summed E-state index contributed by atoms with van der Waals surface area (Å²) in [5, 5.41) is 18.9. The monoisotopic (exact) mass is 514 g/mol. The summed E-state index contributed by atoms with van der Waals surface area (Å²) in [5.74, 6) is 0.821. The molecule has 1 saturated heterocycles. The van der Waals surface area contributed by atoms with E-state index in [0.717, 1.165) is 39.2 Å². The van der Waals surface area contributed by atoms with E-state index in [1.165, 1.54) is 6.07 Å². The number of aliphatic hydroxyl groups excluding tert-OH is 1. The second-order valence-corrected chi connectivity index (χ2v) is 9.95. The molecule has 0 saturated carbocycles. The summed E-state index contributed by atoms with van der Waals surface area (Å²) in [6.07, 6.45) is -3.69. The molecule has 5 rings (SSSR count). The SMILES string of the molecule is Cn1nc(N)c2cc(-c3ccc(SN4CCC(Nc5ccc(C(F)(F)F)cn5)C(O)C4)cc3)ccc21. The highest BCUT2D eigenvalue weighted by molar-refractivity contribution is 7.97. The summed E-state index contributed by atoms with van der Waals surface area (Å²) in [7, 11) is 1.87. The number of hydrogen-bond donors (Lipinski definition) is 3. The minimum absolute atomic E-state index is 0.289. The van der Waals surface area contributed by atoms with Gasteiger partial charge in [-0.2, -0.15) is 18.3 Å². The number of nitrogens with zero attached hydrogens (tertiary/aromatic N) is 4. The fourth-order valence-corrected chi connectivity index (χ4v) is 5.30. The van der Waals surface area contributed by atoms with E-state index in [4.69, 9.17) is 5.73 Å². The first-order valence-corrected chi connectivity index (χ1v) is 12.2. The number of benzene rings is 2. The summed E-state index contributed by atoms with van der Waals surface area (Å²) >= 11 is 1.57. The third-order valence-corrected chi connectivity index (χ3v) is 7.34. The van der Waals surface area contributed by atoms with E-state index in [9.17, 15) is 18.3 Å². The Morgan fingerprint density at radius 2 is 1.83 bits per heavy atom. The van der Waals surface area contributed by atoms with Crippen LogP contribution in [-0.2, 0) is 13.2 Å². The van der Waals surface area contributed by atoms with Crippen LogP contribution in [0.2, 0.25) is 0 Å². The maximum absolute atomic E-state index is 12.7. The number of halogens is 3. The predicted octanol–water partition coefficient (Wildman–Crippen LogP) is 4.79. The Balaban J connectivity index is 1.18. The lowest BCUT2D eigenvalue weighted by atomic mass is 10.0. The van der Waals surface area contributed by atoms with Gasteiger partial charge in [0, 0.05) is 36.6 Å². The van der Waals surface area contributed by atoms with Gasteiger partial charge in [-0.3, -0.25) is 4.68 Å². The van der Waals surface area contributed by atoms with Gasteiger partial charge in [-0.05, 0) is 65.9 Å². The van der Waals surface area contributed by atoms with Crippen LogP contribution in [0.1, 0.15) is 12.0 Å². The average molecular weight is 515 g/mol. The molecule has 1 aliphatic rings. The lowest BCUT2D eigenvalue weighted by Gasteiger charge is -2.35. The first-order chi connectivity index (χ1) is 17.2. The van der Waals surface area contributed by atoms with Gasteiger partial charge in [0.25, 0.3) is 0 Å². The van der Waals surface area contributed by atoms with Crippen LogP contribution in [-0.4, -0.2) is 49.4 Å². The number of aromatic nitrogens is 3. The van der Waals surface area contributed by atoms with Gasteiger partial charge in [-0.1, -0.05) is 18.2 Å². The molecule has 188 valence electrons. The van der Waals surface area contributed by atoms with Gasteiger partial charge in [-0.25, -0.2) is 9.29 Å². The number of nitrogens with one attached hydrogen (secondary N) is 1. The molecular weight excluding hydrogens is 489 g/mol. The third-order valence-electron chi connectivity index (χ3n) is 6.27. The van der Waals surface area contributed by atoms with E-state index < -0.39 is 17.8 Å². The molecule has 2 atom stereocenters. The first kappa shape index (κ1) is 24.4. The molecule has 1 aliphatic heterocycles. The van der Waals surface area contributed by atoms with Crippen LogP contribution in [0, 0.1) is 0 Å². The van der Waals surface area contributed by atoms with Crippen LogP contribution in [0.5, 0.6) is 0 Å². The van der Waals surface area contributed by atoms with Crippen molar-refractivity contribution >= 4 is 34.5 Å². The molecule has 0 spiro atoms. The second-order valence-electron chi connectivity index (χ2n) is 8.78. The molecule has 4 aromatic rings. The number of aliphatic hydroxyl groups is 1. The summed E-state index contributed by atoms with van der Waals surface area (Å²) in [5.41, 5.74) is 8.33. The molecule has 0 aliphatic carbocycles. The van der Waals surface area contributed by atoms with E-state index in [-0.39, 0.29) is 6.04 Å². The summed E-state index contributed by atoms with van der Waals surface area (Å²) in [4.78, 5) is 4.89. The van der Waals surface area contributed by atoms with E-state index in [2.05, 4.69) is 31.8 Å². The van der Waals surface area contributed by atoms with Crippen molar-refractivity contribution in [1.29, 1.82) is 0 Å². The van der Waals surface area contributed by atoms with Crippen molar-refractivity contribution in [2.24, 2.45) is 7.05 Å². The molecule has 7 nitrogen and oxygen atoms in total. The van der Waals surface area contributed by atoms with Crippen molar-refractivity contribution in [3.63, 3.8) is 0 Å². The number of aryl methyl sites for hydroxylation is 1. The van der Waals surface area contributed by atoms with Crippen LogP contribution in [0.25, 0.3) is 22.0 Å². The highest BCUT2D eigenvalue weighted by Gasteiger charge is 2.31. The molecule has 4 N–H and O–H groups in total. The Kier molecular flexibility index (Phi) is 6.54. The Bertz CT molecular complexity index is 1360. The number of nitrogen functional groups attached to an aromatic ring is 1. The third kappa shape index (κ3) is 5.13. The average Bonchev–Trinajstić information content (AvgIpc) is 3.14. The zero-order valence-electron chi connectivity index (χ0n) is 19.4.